The van der Waals surface area contributed by atoms with Crippen LogP contribution in [0.2, 0.25) is 0 Å². The summed E-state index contributed by atoms with van der Waals surface area (Å²) in [4.78, 5) is 0.319. The highest BCUT2D eigenvalue weighted by molar-refractivity contribution is 8.01. The zero-order valence-corrected chi connectivity index (χ0v) is 17.3. The van der Waals surface area contributed by atoms with Crippen molar-refractivity contribution in [2.75, 3.05) is 26.5 Å². The van der Waals surface area contributed by atoms with Gasteiger partial charge in [0.1, 0.15) is 0 Å². The first kappa shape index (κ1) is 19.1. The summed E-state index contributed by atoms with van der Waals surface area (Å²) >= 11 is 1.61. The van der Waals surface area contributed by atoms with Crippen LogP contribution in [-0.4, -0.2) is 39.2 Å². The standard InChI is InChI=1S/C21H21NO4S2/c1-25-19-10-8-17(14-20(19)26-2)21-22(11-12-27-21)28(23,24)18-9-7-15-5-3-4-6-16(15)13-18/h3-10,13-14,21H,11-12H2,1-2H3/t21-/m0/s1. The normalized spacial score (nSPS) is 17.7. The molecule has 1 aliphatic heterocycles. The summed E-state index contributed by atoms with van der Waals surface area (Å²) in [5.41, 5.74) is 0.879. The fourth-order valence-electron chi connectivity index (χ4n) is 3.43. The molecule has 0 N–H and O–H groups in total. The Hall–Kier alpha value is -2.22. The Kier molecular flexibility index (Phi) is 5.23. The number of hydrogen-bond donors (Lipinski definition) is 0. The highest BCUT2D eigenvalue weighted by Gasteiger charge is 2.37. The van der Waals surface area contributed by atoms with E-state index in [0.717, 1.165) is 22.1 Å². The Bertz CT molecular complexity index is 1110. The molecule has 3 aromatic rings. The lowest BCUT2D eigenvalue weighted by Gasteiger charge is -2.24. The van der Waals surface area contributed by atoms with E-state index in [4.69, 9.17) is 9.47 Å². The quantitative estimate of drug-likeness (QED) is 0.622. The predicted molar refractivity (Wildman–Crippen MR) is 113 cm³/mol. The largest absolute Gasteiger partial charge is 0.493 e. The van der Waals surface area contributed by atoms with E-state index in [1.165, 1.54) is 0 Å². The minimum atomic E-state index is -3.62. The van der Waals surface area contributed by atoms with Crippen molar-refractivity contribution < 1.29 is 17.9 Å². The lowest BCUT2D eigenvalue weighted by molar-refractivity contribution is 0.353. The summed E-state index contributed by atoms with van der Waals surface area (Å²) in [5.74, 6) is 1.96. The second-order valence-corrected chi connectivity index (χ2v) is 9.54. The molecule has 1 saturated heterocycles. The maximum Gasteiger partial charge on any atom is 0.244 e. The Morgan fingerprint density at radius 3 is 2.43 bits per heavy atom. The number of rotatable bonds is 5. The number of thioether (sulfide) groups is 1. The van der Waals surface area contributed by atoms with Gasteiger partial charge in [0, 0.05) is 12.3 Å². The van der Waals surface area contributed by atoms with Crippen LogP contribution >= 0.6 is 11.8 Å². The molecule has 5 nitrogen and oxygen atoms in total. The number of ether oxygens (including phenoxy) is 2. The molecule has 3 aromatic carbocycles. The van der Waals surface area contributed by atoms with Crippen LogP contribution in [0.1, 0.15) is 10.9 Å². The molecule has 146 valence electrons. The molecule has 0 spiro atoms. The number of nitrogens with zero attached hydrogens (tertiary/aromatic N) is 1. The van der Waals surface area contributed by atoms with Gasteiger partial charge in [-0.15, -0.1) is 11.8 Å². The maximum atomic E-state index is 13.4. The van der Waals surface area contributed by atoms with Crippen LogP contribution in [0.25, 0.3) is 10.8 Å². The van der Waals surface area contributed by atoms with Gasteiger partial charge in [0.2, 0.25) is 10.0 Å². The van der Waals surface area contributed by atoms with Gasteiger partial charge in [-0.2, -0.15) is 4.31 Å². The minimum Gasteiger partial charge on any atom is -0.493 e. The predicted octanol–water partition coefficient (Wildman–Crippen LogP) is 4.29. The van der Waals surface area contributed by atoms with Crippen LogP contribution < -0.4 is 9.47 Å². The molecule has 0 saturated carbocycles. The molecule has 0 unspecified atom stereocenters. The third-order valence-electron chi connectivity index (χ3n) is 4.87. The van der Waals surface area contributed by atoms with Gasteiger partial charge in [0.15, 0.2) is 11.5 Å². The van der Waals surface area contributed by atoms with Crippen LogP contribution in [0.5, 0.6) is 11.5 Å². The topological polar surface area (TPSA) is 55.8 Å². The Morgan fingerprint density at radius 1 is 0.929 bits per heavy atom. The first-order valence-electron chi connectivity index (χ1n) is 8.89. The molecule has 28 heavy (non-hydrogen) atoms. The molecule has 1 heterocycles. The highest BCUT2D eigenvalue weighted by Crippen LogP contribution is 2.43. The Morgan fingerprint density at radius 2 is 1.68 bits per heavy atom. The second kappa shape index (κ2) is 7.66. The summed E-state index contributed by atoms with van der Waals surface area (Å²) in [5, 5.41) is 1.64. The summed E-state index contributed by atoms with van der Waals surface area (Å²) in [6.45, 7) is 0.471. The molecule has 1 aliphatic rings. The maximum absolute atomic E-state index is 13.4. The van der Waals surface area contributed by atoms with Gasteiger partial charge in [0.25, 0.3) is 0 Å². The summed E-state index contributed by atoms with van der Waals surface area (Å²) in [7, 11) is -0.464. The molecule has 1 atom stereocenters. The molecule has 1 fully saturated rings. The van der Waals surface area contributed by atoms with Crippen molar-refractivity contribution >= 4 is 32.6 Å². The average molecular weight is 416 g/mol. The first-order valence-corrected chi connectivity index (χ1v) is 11.4. The van der Waals surface area contributed by atoms with Gasteiger partial charge in [-0.05, 0) is 40.6 Å². The smallest absolute Gasteiger partial charge is 0.244 e. The number of benzene rings is 3. The van der Waals surface area contributed by atoms with Crippen molar-refractivity contribution in [2.45, 2.75) is 10.3 Å². The third-order valence-corrected chi connectivity index (χ3v) is 8.12. The van der Waals surface area contributed by atoms with Crippen molar-refractivity contribution in [3.05, 3.63) is 66.2 Å². The molecule has 0 aliphatic carbocycles. The Balaban J connectivity index is 1.72. The van der Waals surface area contributed by atoms with E-state index >= 15 is 0 Å². The van der Waals surface area contributed by atoms with Crippen molar-refractivity contribution in [3.63, 3.8) is 0 Å². The number of hydrogen-bond acceptors (Lipinski definition) is 5. The lowest BCUT2D eigenvalue weighted by Crippen LogP contribution is -2.30. The lowest BCUT2D eigenvalue weighted by atomic mass is 10.1. The van der Waals surface area contributed by atoms with E-state index in [9.17, 15) is 8.42 Å². The molecule has 0 bridgehead atoms. The zero-order chi connectivity index (χ0) is 19.7. The number of fused-ring (bicyclic) bond motifs is 1. The van der Waals surface area contributed by atoms with Crippen LogP contribution in [-0.2, 0) is 10.0 Å². The minimum absolute atomic E-state index is 0.295. The van der Waals surface area contributed by atoms with Crippen molar-refractivity contribution in [1.29, 1.82) is 0 Å². The Labute approximate surface area is 169 Å². The molecule has 0 radical (unpaired) electrons. The number of methoxy groups -OCH3 is 2. The monoisotopic (exact) mass is 415 g/mol. The van der Waals surface area contributed by atoms with Crippen LogP contribution in [0, 0.1) is 0 Å². The fourth-order valence-corrected chi connectivity index (χ4v) is 6.70. The number of sulfonamides is 1. The zero-order valence-electron chi connectivity index (χ0n) is 15.7. The van der Waals surface area contributed by atoms with E-state index in [1.807, 2.05) is 48.5 Å². The molecular formula is C21H21NO4S2. The van der Waals surface area contributed by atoms with Crippen molar-refractivity contribution in [1.82, 2.24) is 4.31 Å². The average Bonchev–Trinajstić information content (AvgIpc) is 3.23. The van der Waals surface area contributed by atoms with Gasteiger partial charge < -0.3 is 9.47 Å². The fraction of sp³-hybridized carbons (Fsp3) is 0.238. The van der Waals surface area contributed by atoms with E-state index < -0.39 is 10.0 Å². The SMILES string of the molecule is COc1ccc([C@@H]2SCCN2S(=O)(=O)c2ccc3ccccc3c2)cc1OC. The van der Waals surface area contributed by atoms with Crippen LogP contribution in [0.3, 0.4) is 0 Å². The van der Waals surface area contributed by atoms with Gasteiger partial charge in [-0.1, -0.05) is 36.4 Å². The third kappa shape index (κ3) is 3.34. The second-order valence-electron chi connectivity index (χ2n) is 6.46. The summed E-state index contributed by atoms with van der Waals surface area (Å²) in [6.07, 6.45) is 0. The van der Waals surface area contributed by atoms with Crippen LogP contribution in [0.4, 0.5) is 0 Å². The summed E-state index contributed by atoms with van der Waals surface area (Å²) < 4.78 is 39.0. The van der Waals surface area contributed by atoms with Gasteiger partial charge >= 0.3 is 0 Å². The summed E-state index contributed by atoms with van der Waals surface area (Å²) in [6, 6.07) is 18.6. The molecular weight excluding hydrogens is 394 g/mol. The van der Waals surface area contributed by atoms with E-state index in [1.54, 1.807) is 42.4 Å². The van der Waals surface area contributed by atoms with Crippen molar-refractivity contribution in [2.24, 2.45) is 0 Å². The van der Waals surface area contributed by atoms with Gasteiger partial charge in [-0.3, -0.25) is 0 Å². The molecule has 0 aromatic heterocycles. The molecule has 4 rings (SSSR count). The highest BCUT2D eigenvalue weighted by atomic mass is 32.2. The van der Waals surface area contributed by atoms with E-state index in [0.29, 0.717) is 22.9 Å². The van der Waals surface area contributed by atoms with E-state index in [-0.39, 0.29) is 5.37 Å². The first-order chi connectivity index (χ1) is 13.5. The van der Waals surface area contributed by atoms with Gasteiger partial charge in [0.05, 0.1) is 24.5 Å². The van der Waals surface area contributed by atoms with Gasteiger partial charge in [-0.25, -0.2) is 8.42 Å². The molecule has 7 heteroatoms. The van der Waals surface area contributed by atoms with Crippen LogP contribution in [0.15, 0.2) is 65.6 Å². The van der Waals surface area contributed by atoms with Crippen molar-refractivity contribution in [3.8, 4) is 11.5 Å². The van der Waals surface area contributed by atoms with E-state index in [2.05, 4.69) is 0 Å². The molecule has 0 amide bonds.